The topological polar surface area (TPSA) is 129 Å². The Hall–Kier alpha value is -4.49. The van der Waals surface area contributed by atoms with Crippen LogP contribution in [0.25, 0.3) is 0 Å². The first-order valence-electron chi connectivity index (χ1n) is 21.1. The van der Waals surface area contributed by atoms with Crippen LogP contribution in [-0.2, 0) is 9.57 Å². The van der Waals surface area contributed by atoms with Gasteiger partial charge in [-0.2, -0.15) is 0 Å². The maximum Gasteiger partial charge on any atom is 0.254 e. The molecule has 1 amide bonds. The number of unbranched alkanes of at least 4 members (excludes halogenated alkanes) is 2. The van der Waals surface area contributed by atoms with Gasteiger partial charge < -0.3 is 43.6 Å². The second-order valence-corrected chi connectivity index (χ2v) is 16.7. The predicted octanol–water partition coefficient (Wildman–Crippen LogP) is 8.40. The van der Waals surface area contributed by atoms with E-state index < -0.39 is 17.7 Å². The van der Waals surface area contributed by atoms with Gasteiger partial charge in [0.2, 0.25) is 12.6 Å². The molecule has 11 nitrogen and oxygen atoms in total. The third kappa shape index (κ3) is 9.16. The molecule has 3 aromatic rings. The minimum atomic E-state index is -1.34. The van der Waals surface area contributed by atoms with E-state index >= 15 is 0 Å². The third-order valence-electron chi connectivity index (χ3n) is 11.9. The maximum absolute atomic E-state index is 14.9. The van der Waals surface area contributed by atoms with Gasteiger partial charge in [0.25, 0.3) is 5.91 Å². The lowest BCUT2D eigenvalue weighted by atomic mass is 9.55. The minimum Gasteiger partial charge on any atom is -0.493 e. The monoisotopic (exact) mass is 826 g/mol. The summed E-state index contributed by atoms with van der Waals surface area (Å²) in [6, 6.07) is 21.1. The van der Waals surface area contributed by atoms with Crippen LogP contribution < -0.4 is 18.9 Å². The van der Waals surface area contributed by atoms with Crippen LogP contribution in [0, 0.1) is 17.8 Å². The molecule has 2 aliphatic heterocycles. The van der Waals surface area contributed by atoms with E-state index in [0.717, 1.165) is 54.0 Å². The number of carbonyl (C=O) groups excluding carboxylic acids is 1. The summed E-state index contributed by atoms with van der Waals surface area (Å²) >= 11 is 1.75. The van der Waals surface area contributed by atoms with Crippen LogP contribution in [0.15, 0.2) is 101 Å². The Morgan fingerprint density at radius 2 is 1.78 bits per heavy atom. The SMILES string of the molecule is C=CCO[C@@]12Oc3ccc(OCCSc4ccccc4)cc3[C@H]3[C@H](CCCCO)[C@@H](CCCCO)C=C(C(=NOC)C[C@@H]1N(CCC)C(=O)c1ccc4c(c1)OCO4)[C@H]32. The van der Waals surface area contributed by atoms with E-state index in [9.17, 15) is 15.0 Å². The van der Waals surface area contributed by atoms with E-state index in [4.69, 9.17) is 33.7 Å². The number of thioether (sulfide) groups is 1. The summed E-state index contributed by atoms with van der Waals surface area (Å²) in [5.41, 5.74) is 3.24. The summed E-state index contributed by atoms with van der Waals surface area (Å²) in [6.07, 6.45) is 9.89. The van der Waals surface area contributed by atoms with E-state index in [1.807, 2.05) is 35.2 Å². The fourth-order valence-electron chi connectivity index (χ4n) is 9.52. The fourth-order valence-corrected chi connectivity index (χ4v) is 10.3. The van der Waals surface area contributed by atoms with Crippen molar-refractivity contribution in [3.05, 3.63) is 102 Å². The number of oxime groups is 1. The number of aliphatic hydroxyl groups is 2. The summed E-state index contributed by atoms with van der Waals surface area (Å²) in [7, 11) is 1.56. The highest BCUT2D eigenvalue weighted by molar-refractivity contribution is 7.99. The highest BCUT2D eigenvalue weighted by Crippen LogP contribution is 2.62. The molecule has 1 fully saturated rings. The normalized spacial score (nSPS) is 24.4. The molecule has 2 N–H and O–H groups in total. The summed E-state index contributed by atoms with van der Waals surface area (Å²) < 4.78 is 32.2. The molecular formula is C47H58N2O9S. The molecule has 2 heterocycles. The molecule has 1 saturated carbocycles. The molecule has 0 saturated heterocycles. The molecule has 59 heavy (non-hydrogen) atoms. The smallest absolute Gasteiger partial charge is 0.254 e. The molecule has 12 heteroatoms. The number of nitrogens with zero attached hydrogens (tertiary/aromatic N) is 2. The number of aliphatic hydroxyl groups excluding tert-OH is 2. The van der Waals surface area contributed by atoms with Gasteiger partial charge in [-0.25, -0.2) is 0 Å². The molecule has 7 rings (SSSR count). The van der Waals surface area contributed by atoms with Gasteiger partial charge in [0, 0.05) is 53.9 Å². The van der Waals surface area contributed by atoms with Gasteiger partial charge in [0.15, 0.2) is 11.5 Å². The number of fused-ring (bicyclic) bond motifs is 3. The van der Waals surface area contributed by atoms with Crippen LogP contribution in [0.2, 0.25) is 0 Å². The predicted molar refractivity (Wildman–Crippen MR) is 229 cm³/mol. The minimum absolute atomic E-state index is 0.106. The average molecular weight is 827 g/mol. The van der Waals surface area contributed by atoms with Gasteiger partial charge in [-0.15, -0.1) is 18.3 Å². The number of hydrogen-bond acceptors (Lipinski definition) is 11. The van der Waals surface area contributed by atoms with E-state index in [1.54, 1.807) is 43.1 Å². The lowest BCUT2D eigenvalue weighted by molar-refractivity contribution is -0.254. The molecule has 4 aliphatic rings. The van der Waals surface area contributed by atoms with E-state index in [2.05, 4.69) is 37.8 Å². The molecule has 0 aromatic heterocycles. The van der Waals surface area contributed by atoms with E-state index in [-0.39, 0.29) is 50.3 Å². The lowest BCUT2D eigenvalue weighted by Crippen LogP contribution is -2.70. The summed E-state index contributed by atoms with van der Waals surface area (Å²) in [4.78, 5) is 23.6. The van der Waals surface area contributed by atoms with Crippen molar-refractivity contribution in [1.29, 1.82) is 0 Å². The van der Waals surface area contributed by atoms with Crippen LogP contribution in [-0.4, -0.2) is 91.2 Å². The number of benzene rings is 3. The van der Waals surface area contributed by atoms with E-state index in [1.165, 1.54) is 4.90 Å². The van der Waals surface area contributed by atoms with Crippen molar-refractivity contribution in [2.45, 2.75) is 80.9 Å². The van der Waals surface area contributed by atoms with Crippen LogP contribution >= 0.6 is 11.8 Å². The highest BCUT2D eigenvalue weighted by atomic mass is 32.2. The zero-order valence-electron chi connectivity index (χ0n) is 34.3. The molecule has 0 bridgehead atoms. The van der Waals surface area contributed by atoms with Crippen molar-refractivity contribution in [3.63, 3.8) is 0 Å². The first-order valence-corrected chi connectivity index (χ1v) is 22.1. The van der Waals surface area contributed by atoms with Crippen LogP contribution in [0.3, 0.4) is 0 Å². The first kappa shape index (κ1) is 42.6. The van der Waals surface area contributed by atoms with Gasteiger partial charge in [-0.05, 0) is 98.0 Å². The van der Waals surface area contributed by atoms with Crippen molar-refractivity contribution in [2.75, 3.05) is 52.6 Å². The Morgan fingerprint density at radius 3 is 2.54 bits per heavy atom. The number of amides is 1. The standard InChI is InChI=1S/C47H58N2O9S/c1-4-21-49(46(52)33-17-19-41-42(28-33)56-31-55-41)43-30-39(48-53-3)37-27-32(13-9-11-22-50)36(16-10-12-23-51)44-38-29-34(54-25-26-59-35-14-7-6-8-15-35)18-20-40(38)58-47(43,45(37)44)57-24-5-2/h5-8,14-15,17-20,27-29,32,36,43-45,50-51H,2,4,9-13,16,21-26,30-31H2,1,3H3/t32-,36+,43-,44+,45+,47+/m0/s1. The summed E-state index contributed by atoms with van der Waals surface area (Å²) in [6.45, 7) is 7.59. The Balaban J connectivity index is 1.36. The van der Waals surface area contributed by atoms with Crippen molar-refractivity contribution in [3.8, 4) is 23.0 Å². The van der Waals surface area contributed by atoms with Gasteiger partial charge in [0.1, 0.15) is 24.7 Å². The van der Waals surface area contributed by atoms with E-state index in [0.29, 0.717) is 61.6 Å². The molecule has 2 aliphatic carbocycles. The zero-order valence-corrected chi connectivity index (χ0v) is 35.1. The van der Waals surface area contributed by atoms with Crippen molar-refractivity contribution in [1.82, 2.24) is 4.90 Å². The van der Waals surface area contributed by atoms with Gasteiger partial charge in [-0.1, -0.05) is 55.3 Å². The van der Waals surface area contributed by atoms with Crippen molar-refractivity contribution < 1.29 is 43.5 Å². The summed E-state index contributed by atoms with van der Waals surface area (Å²) in [5.74, 6) is 1.55. The average Bonchev–Trinajstić information content (AvgIpc) is 3.74. The van der Waals surface area contributed by atoms with Crippen LogP contribution in [0.4, 0.5) is 0 Å². The van der Waals surface area contributed by atoms with Crippen molar-refractivity contribution >= 4 is 23.4 Å². The van der Waals surface area contributed by atoms with Gasteiger partial charge in [-0.3, -0.25) is 4.79 Å². The lowest BCUT2D eigenvalue weighted by Gasteiger charge is -2.60. The number of ether oxygens (including phenoxy) is 5. The Labute approximate surface area is 352 Å². The largest absolute Gasteiger partial charge is 0.493 e. The van der Waals surface area contributed by atoms with Crippen molar-refractivity contribution in [2.24, 2.45) is 22.9 Å². The Morgan fingerprint density at radius 1 is 1.00 bits per heavy atom. The molecule has 0 radical (unpaired) electrons. The quantitative estimate of drug-likeness (QED) is 0.0468. The zero-order chi connectivity index (χ0) is 41.2. The molecule has 6 atom stereocenters. The third-order valence-corrected chi connectivity index (χ3v) is 12.9. The van der Waals surface area contributed by atoms with Gasteiger partial charge >= 0.3 is 0 Å². The molecule has 316 valence electrons. The van der Waals surface area contributed by atoms with Crippen LogP contribution in [0.1, 0.15) is 80.1 Å². The Bertz CT molecular complexity index is 1960. The first-order chi connectivity index (χ1) is 29.0. The molecule has 3 aromatic carbocycles. The number of hydrogen-bond donors (Lipinski definition) is 2. The second-order valence-electron chi connectivity index (χ2n) is 15.5. The Kier molecular flexibility index (Phi) is 14.6. The fraction of sp³-hybridized carbons (Fsp3) is 0.489. The number of carbonyl (C=O) groups is 1. The highest BCUT2D eigenvalue weighted by Gasteiger charge is 2.65. The van der Waals surface area contributed by atoms with Gasteiger partial charge in [0.05, 0.1) is 24.8 Å². The summed E-state index contributed by atoms with van der Waals surface area (Å²) in [5, 5.41) is 24.5. The second kappa shape index (κ2) is 20.2. The number of rotatable bonds is 21. The number of allylic oxidation sites excluding steroid dienone is 1. The maximum atomic E-state index is 14.9. The molecular weight excluding hydrogens is 769 g/mol. The molecule has 0 unspecified atom stereocenters. The van der Waals surface area contributed by atoms with Crippen LogP contribution in [0.5, 0.6) is 23.0 Å². The molecule has 0 spiro atoms.